The van der Waals surface area contributed by atoms with Crippen LogP contribution in [-0.4, -0.2) is 47.4 Å². The Labute approximate surface area is 192 Å². The highest BCUT2D eigenvalue weighted by atomic mass is 32.2. The molecule has 1 N–H and O–H groups in total. The molecule has 2 amide bonds. The molecule has 0 radical (unpaired) electrons. The van der Waals surface area contributed by atoms with E-state index in [0.29, 0.717) is 22.4 Å². The van der Waals surface area contributed by atoms with Crippen molar-refractivity contribution in [1.29, 1.82) is 0 Å². The Balaban J connectivity index is 1.49. The number of nitrogens with zero attached hydrogens (tertiary/aromatic N) is 2. The normalized spacial score (nSPS) is 19.4. The number of hydrogen-bond acceptors (Lipinski definition) is 6. The number of ether oxygens (including phenoxy) is 2. The molecule has 7 nitrogen and oxygen atoms in total. The van der Waals surface area contributed by atoms with Crippen LogP contribution in [0.1, 0.15) is 30.4 Å². The van der Waals surface area contributed by atoms with Gasteiger partial charge in [-0.05, 0) is 62.1 Å². The minimum absolute atomic E-state index is 0.0388. The van der Waals surface area contributed by atoms with Crippen molar-refractivity contribution in [3.63, 3.8) is 0 Å². The molecule has 2 aliphatic rings. The zero-order chi connectivity index (χ0) is 22.8. The average Bonchev–Trinajstić information content (AvgIpc) is 3.52. The number of methoxy groups -OCH3 is 2. The number of thioether (sulfide) groups is 1. The molecule has 2 aromatic rings. The fourth-order valence-electron chi connectivity index (χ4n) is 3.78. The lowest BCUT2D eigenvalue weighted by molar-refractivity contribution is -0.128. The van der Waals surface area contributed by atoms with E-state index in [2.05, 4.69) is 11.4 Å². The first-order valence-corrected chi connectivity index (χ1v) is 11.4. The van der Waals surface area contributed by atoms with E-state index in [1.807, 2.05) is 26.0 Å². The maximum atomic E-state index is 13.1. The van der Waals surface area contributed by atoms with Gasteiger partial charge in [-0.3, -0.25) is 14.5 Å². The van der Waals surface area contributed by atoms with Crippen LogP contribution in [0.25, 0.3) is 0 Å². The van der Waals surface area contributed by atoms with Crippen LogP contribution in [0.2, 0.25) is 0 Å². The Morgan fingerprint density at radius 3 is 2.41 bits per heavy atom. The minimum Gasteiger partial charge on any atom is -0.493 e. The number of anilines is 1. The highest BCUT2D eigenvalue weighted by Gasteiger charge is 2.46. The third-order valence-corrected chi connectivity index (χ3v) is 6.50. The van der Waals surface area contributed by atoms with Crippen LogP contribution in [0.5, 0.6) is 11.5 Å². The van der Waals surface area contributed by atoms with Crippen LogP contribution >= 0.6 is 11.8 Å². The molecule has 168 valence electrons. The second-order valence-corrected chi connectivity index (χ2v) is 9.28. The van der Waals surface area contributed by atoms with Crippen LogP contribution in [0.3, 0.4) is 0 Å². The van der Waals surface area contributed by atoms with E-state index in [9.17, 15) is 9.59 Å². The predicted octanol–water partition coefficient (Wildman–Crippen LogP) is 4.44. The van der Waals surface area contributed by atoms with Gasteiger partial charge in [0.15, 0.2) is 16.7 Å². The Kier molecular flexibility index (Phi) is 6.41. The summed E-state index contributed by atoms with van der Waals surface area (Å²) in [6.45, 7) is 4.06. The molecule has 1 heterocycles. The van der Waals surface area contributed by atoms with Crippen molar-refractivity contribution in [2.75, 3.05) is 19.5 Å². The molecule has 1 unspecified atom stereocenters. The zero-order valence-electron chi connectivity index (χ0n) is 18.7. The lowest BCUT2D eigenvalue weighted by atomic mass is 10.1. The molecular formula is C24H27N3O4S. The number of carbonyl (C=O) groups excluding carboxylic acids is 2. The third-order valence-electron chi connectivity index (χ3n) is 5.35. The highest BCUT2D eigenvalue weighted by Crippen LogP contribution is 2.40. The van der Waals surface area contributed by atoms with Gasteiger partial charge < -0.3 is 14.8 Å². The van der Waals surface area contributed by atoms with Gasteiger partial charge in [-0.25, -0.2) is 4.99 Å². The summed E-state index contributed by atoms with van der Waals surface area (Å²) in [4.78, 5) is 32.4. The maximum Gasteiger partial charge on any atom is 0.242 e. The van der Waals surface area contributed by atoms with E-state index in [-0.39, 0.29) is 24.3 Å². The van der Waals surface area contributed by atoms with Crippen LogP contribution in [0.4, 0.5) is 11.4 Å². The van der Waals surface area contributed by atoms with Gasteiger partial charge >= 0.3 is 0 Å². The summed E-state index contributed by atoms with van der Waals surface area (Å²) in [5, 5.41) is 3.06. The summed E-state index contributed by atoms with van der Waals surface area (Å²) in [5.74, 6) is 0.841. The van der Waals surface area contributed by atoms with Crippen molar-refractivity contribution in [3.8, 4) is 11.5 Å². The standard InChI is InChI=1S/C24H27N3O4S/c1-14-9-15(2)11-17(10-14)26-24-27(18-6-7-18)23(29)21(32-24)13-22(28)25-16-5-8-19(30-3)20(12-16)31-4/h5,8-12,18,21H,6-7,13H2,1-4H3,(H,25,28). The monoisotopic (exact) mass is 453 g/mol. The van der Waals surface area contributed by atoms with Crippen molar-refractivity contribution in [1.82, 2.24) is 4.90 Å². The van der Waals surface area contributed by atoms with Gasteiger partial charge in [-0.1, -0.05) is 17.8 Å². The van der Waals surface area contributed by atoms with Crippen LogP contribution in [0.15, 0.2) is 41.4 Å². The molecule has 0 aromatic heterocycles. The number of nitrogens with one attached hydrogen (secondary N) is 1. The van der Waals surface area contributed by atoms with Crippen LogP contribution in [0, 0.1) is 13.8 Å². The molecule has 0 bridgehead atoms. The molecule has 1 atom stereocenters. The zero-order valence-corrected chi connectivity index (χ0v) is 19.5. The van der Waals surface area contributed by atoms with E-state index < -0.39 is 5.25 Å². The summed E-state index contributed by atoms with van der Waals surface area (Å²) in [6, 6.07) is 11.5. The second kappa shape index (κ2) is 9.24. The smallest absolute Gasteiger partial charge is 0.242 e. The van der Waals surface area contributed by atoms with E-state index in [1.165, 1.54) is 11.8 Å². The van der Waals surface area contributed by atoms with E-state index in [4.69, 9.17) is 14.5 Å². The fraction of sp³-hybridized carbons (Fsp3) is 0.375. The van der Waals surface area contributed by atoms with Gasteiger partial charge in [0.05, 0.1) is 19.9 Å². The highest BCUT2D eigenvalue weighted by molar-refractivity contribution is 8.15. The van der Waals surface area contributed by atoms with Gasteiger partial charge in [0.1, 0.15) is 5.25 Å². The first kappa shape index (κ1) is 22.2. The van der Waals surface area contributed by atoms with Crippen molar-refractivity contribution >= 4 is 40.1 Å². The number of aryl methyl sites for hydroxylation is 2. The summed E-state index contributed by atoms with van der Waals surface area (Å²) < 4.78 is 10.5. The summed E-state index contributed by atoms with van der Waals surface area (Å²) >= 11 is 1.38. The molecule has 2 aromatic carbocycles. The second-order valence-electron chi connectivity index (χ2n) is 8.11. The molecule has 32 heavy (non-hydrogen) atoms. The lowest BCUT2D eigenvalue weighted by Crippen LogP contribution is -2.35. The molecule has 1 saturated heterocycles. The van der Waals surface area contributed by atoms with E-state index >= 15 is 0 Å². The van der Waals surface area contributed by atoms with Gasteiger partial charge in [0.2, 0.25) is 11.8 Å². The van der Waals surface area contributed by atoms with Crippen molar-refractivity contribution in [3.05, 3.63) is 47.5 Å². The lowest BCUT2D eigenvalue weighted by Gasteiger charge is -2.15. The molecule has 4 rings (SSSR count). The molecule has 1 aliphatic heterocycles. The number of hydrogen-bond donors (Lipinski definition) is 1. The molecule has 0 spiro atoms. The van der Waals surface area contributed by atoms with Crippen LogP contribution < -0.4 is 14.8 Å². The minimum atomic E-state index is -0.486. The number of rotatable bonds is 7. The van der Waals surface area contributed by atoms with Gasteiger partial charge in [0, 0.05) is 24.2 Å². The molecule has 2 fully saturated rings. The number of carbonyl (C=O) groups is 2. The molecular weight excluding hydrogens is 426 g/mol. The van der Waals surface area contributed by atoms with Crippen LogP contribution in [-0.2, 0) is 9.59 Å². The van der Waals surface area contributed by atoms with E-state index in [0.717, 1.165) is 29.7 Å². The van der Waals surface area contributed by atoms with Gasteiger partial charge in [0.25, 0.3) is 0 Å². The van der Waals surface area contributed by atoms with E-state index in [1.54, 1.807) is 37.3 Å². The SMILES string of the molecule is COc1ccc(NC(=O)CC2SC(=Nc3cc(C)cc(C)c3)N(C3CC3)C2=O)cc1OC. The Bertz CT molecular complexity index is 1060. The molecule has 1 saturated carbocycles. The maximum absolute atomic E-state index is 13.1. The summed E-state index contributed by atoms with van der Waals surface area (Å²) in [6.07, 6.45) is 2.03. The van der Waals surface area contributed by atoms with Crippen molar-refractivity contribution in [2.45, 2.75) is 44.4 Å². The average molecular weight is 454 g/mol. The fourth-order valence-corrected chi connectivity index (χ4v) is 5.00. The first-order chi connectivity index (χ1) is 15.4. The number of amidine groups is 1. The number of aliphatic imine (C=N–C) groups is 1. The Morgan fingerprint density at radius 2 is 1.78 bits per heavy atom. The molecule has 8 heteroatoms. The largest absolute Gasteiger partial charge is 0.493 e. The Hall–Kier alpha value is -3.00. The topological polar surface area (TPSA) is 80.2 Å². The first-order valence-electron chi connectivity index (χ1n) is 10.6. The quantitative estimate of drug-likeness (QED) is 0.670. The van der Waals surface area contributed by atoms with Crippen molar-refractivity contribution < 1.29 is 19.1 Å². The predicted molar refractivity (Wildman–Crippen MR) is 127 cm³/mol. The summed E-state index contributed by atoms with van der Waals surface area (Å²) in [5.41, 5.74) is 3.68. The molecule has 1 aliphatic carbocycles. The van der Waals surface area contributed by atoms with Gasteiger partial charge in [-0.15, -0.1) is 0 Å². The number of benzene rings is 2. The third kappa shape index (κ3) is 4.91. The van der Waals surface area contributed by atoms with Crippen molar-refractivity contribution in [2.24, 2.45) is 4.99 Å². The van der Waals surface area contributed by atoms with Gasteiger partial charge in [-0.2, -0.15) is 0 Å². The number of amides is 2. The Morgan fingerprint density at radius 1 is 1.09 bits per heavy atom. The summed E-state index contributed by atoms with van der Waals surface area (Å²) in [7, 11) is 3.10.